The summed E-state index contributed by atoms with van der Waals surface area (Å²) >= 11 is 0. The van der Waals surface area contributed by atoms with Crippen LogP contribution < -0.4 is 10.6 Å². The summed E-state index contributed by atoms with van der Waals surface area (Å²) in [5.41, 5.74) is 2.13. The summed E-state index contributed by atoms with van der Waals surface area (Å²) in [5.74, 6) is -0.490. The highest BCUT2D eigenvalue weighted by Gasteiger charge is 2.11. The Hall–Kier alpha value is -4.20. The Kier molecular flexibility index (Phi) is 5.61. The van der Waals surface area contributed by atoms with E-state index in [2.05, 4.69) is 25.6 Å². The van der Waals surface area contributed by atoms with Crippen LogP contribution in [0.15, 0.2) is 73.3 Å². The lowest BCUT2D eigenvalue weighted by Gasteiger charge is -2.09. The van der Waals surface area contributed by atoms with Crippen LogP contribution >= 0.6 is 0 Å². The molecule has 0 aliphatic rings. The first kappa shape index (κ1) is 20.1. The van der Waals surface area contributed by atoms with E-state index in [9.17, 15) is 13.6 Å². The number of carbonyl (C=O) groups excluding carboxylic acids is 1. The number of hydrogen-bond acceptors (Lipinski definition) is 5. The molecule has 1 aromatic carbocycles. The number of benzene rings is 1. The van der Waals surface area contributed by atoms with Gasteiger partial charge in [0.2, 0.25) is 0 Å². The third-order valence-corrected chi connectivity index (χ3v) is 4.43. The van der Waals surface area contributed by atoms with Crippen LogP contribution in [0.3, 0.4) is 0 Å². The average Bonchev–Trinajstić information content (AvgIpc) is 2.77. The van der Waals surface area contributed by atoms with E-state index in [0.29, 0.717) is 28.5 Å². The van der Waals surface area contributed by atoms with Crippen LogP contribution in [0.1, 0.15) is 15.9 Å². The van der Waals surface area contributed by atoms with Crippen LogP contribution in [0.2, 0.25) is 0 Å². The fourth-order valence-electron chi connectivity index (χ4n) is 2.89. The monoisotopic (exact) mass is 417 g/mol. The average molecular weight is 417 g/mol. The first-order chi connectivity index (χ1) is 15.0. The zero-order valence-corrected chi connectivity index (χ0v) is 16.4. The van der Waals surface area contributed by atoms with Crippen LogP contribution in [0.5, 0.6) is 0 Å². The standard InChI is InChI=1S/C23H17F2N5O/c1-14-2-5-21(28-11-14)30-22-9-15(6-7-27-22)23(31)29-18-8-16(12-26-13-18)19-10-17(24)3-4-20(19)25/h2-13H,1H3,(H,29,31)(H,27,28,30). The summed E-state index contributed by atoms with van der Waals surface area (Å²) in [6.45, 7) is 1.94. The van der Waals surface area contributed by atoms with E-state index < -0.39 is 17.5 Å². The number of carbonyl (C=O) groups is 1. The smallest absolute Gasteiger partial charge is 0.255 e. The van der Waals surface area contributed by atoms with Crippen molar-refractivity contribution in [2.45, 2.75) is 6.92 Å². The van der Waals surface area contributed by atoms with Crippen molar-refractivity contribution < 1.29 is 13.6 Å². The van der Waals surface area contributed by atoms with Crippen molar-refractivity contribution in [2.24, 2.45) is 0 Å². The van der Waals surface area contributed by atoms with Crippen molar-refractivity contribution in [3.63, 3.8) is 0 Å². The van der Waals surface area contributed by atoms with Gasteiger partial charge in [0, 0.05) is 35.3 Å². The maximum absolute atomic E-state index is 14.1. The van der Waals surface area contributed by atoms with Gasteiger partial charge in [-0.05, 0) is 55.0 Å². The SMILES string of the molecule is Cc1ccc(Nc2cc(C(=O)Nc3cncc(-c4cc(F)ccc4F)c3)ccn2)nc1. The number of pyridine rings is 3. The molecule has 2 N–H and O–H groups in total. The van der Waals surface area contributed by atoms with E-state index >= 15 is 0 Å². The molecule has 0 atom stereocenters. The Bertz CT molecular complexity index is 1240. The molecule has 0 saturated heterocycles. The molecule has 0 aliphatic carbocycles. The maximum Gasteiger partial charge on any atom is 0.255 e. The number of rotatable bonds is 5. The summed E-state index contributed by atoms with van der Waals surface area (Å²) < 4.78 is 27.6. The molecule has 154 valence electrons. The fourth-order valence-corrected chi connectivity index (χ4v) is 2.89. The van der Waals surface area contributed by atoms with Gasteiger partial charge in [0.1, 0.15) is 23.3 Å². The second kappa shape index (κ2) is 8.66. The summed E-state index contributed by atoms with van der Waals surface area (Å²) in [7, 11) is 0. The highest BCUT2D eigenvalue weighted by molar-refractivity contribution is 6.04. The predicted octanol–water partition coefficient (Wildman–Crippen LogP) is 5.12. The number of nitrogens with one attached hydrogen (secondary N) is 2. The third kappa shape index (κ3) is 4.87. The second-order valence-corrected chi connectivity index (χ2v) is 6.82. The van der Waals surface area contributed by atoms with Gasteiger partial charge in [0.05, 0.1) is 11.9 Å². The lowest BCUT2D eigenvalue weighted by atomic mass is 10.1. The second-order valence-electron chi connectivity index (χ2n) is 6.82. The van der Waals surface area contributed by atoms with Crippen molar-refractivity contribution in [1.29, 1.82) is 0 Å². The Morgan fingerprint density at radius 3 is 2.58 bits per heavy atom. The summed E-state index contributed by atoms with van der Waals surface area (Å²) in [4.78, 5) is 25.2. The molecule has 0 radical (unpaired) electrons. The first-order valence-corrected chi connectivity index (χ1v) is 9.35. The molecule has 31 heavy (non-hydrogen) atoms. The lowest BCUT2D eigenvalue weighted by molar-refractivity contribution is 0.102. The molecule has 3 heterocycles. The van der Waals surface area contributed by atoms with Gasteiger partial charge in [-0.2, -0.15) is 0 Å². The molecular weight excluding hydrogens is 400 g/mol. The molecule has 4 aromatic rings. The quantitative estimate of drug-likeness (QED) is 0.471. The Balaban J connectivity index is 1.52. The Labute approximate surface area is 177 Å². The minimum atomic E-state index is -0.582. The molecule has 3 aromatic heterocycles. The summed E-state index contributed by atoms with van der Waals surface area (Å²) in [6.07, 6.45) is 6.05. The fraction of sp³-hybridized carbons (Fsp3) is 0.0435. The van der Waals surface area contributed by atoms with Gasteiger partial charge in [-0.3, -0.25) is 9.78 Å². The van der Waals surface area contributed by atoms with Gasteiger partial charge in [-0.25, -0.2) is 18.7 Å². The molecule has 0 fully saturated rings. The summed E-state index contributed by atoms with van der Waals surface area (Å²) in [6, 6.07) is 11.6. The number of hydrogen-bond donors (Lipinski definition) is 2. The Morgan fingerprint density at radius 1 is 0.903 bits per heavy atom. The molecule has 0 saturated carbocycles. The Morgan fingerprint density at radius 2 is 1.77 bits per heavy atom. The first-order valence-electron chi connectivity index (χ1n) is 9.35. The maximum atomic E-state index is 14.1. The predicted molar refractivity (Wildman–Crippen MR) is 114 cm³/mol. The van der Waals surface area contributed by atoms with E-state index in [1.165, 1.54) is 24.7 Å². The van der Waals surface area contributed by atoms with Gasteiger partial charge in [-0.1, -0.05) is 6.07 Å². The molecule has 8 heteroatoms. The molecule has 0 spiro atoms. The highest BCUT2D eigenvalue weighted by Crippen LogP contribution is 2.25. The lowest BCUT2D eigenvalue weighted by Crippen LogP contribution is -2.12. The number of aryl methyl sites for hydroxylation is 1. The van der Waals surface area contributed by atoms with Gasteiger partial charge in [0.15, 0.2) is 0 Å². The zero-order valence-electron chi connectivity index (χ0n) is 16.4. The van der Waals surface area contributed by atoms with E-state index in [1.807, 2.05) is 19.1 Å². The minimum absolute atomic E-state index is 0.0598. The van der Waals surface area contributed by atoms with Crippen molar-refractivity contribution in [3.8, 4) is 11.1 Å². The molecule has 4 rings (SSSR count). The van der Waals surface area contributed by atoms with Crippen LogP contribution in [0.25, 0.3) is 11.1 Å². The van der Waals surface area contributed by atoms with Crippen molar-refractivity contribution >= 4 is 23.2 Å². The molecular formula is C23H17F2N5O. The molecule has 0 bridgehead atoms. The van der Waals surface area contributed by atoms with Crippen molar-refractivity contribution in [1.82, 2.24) is 15.0 Å². The number of aromatic nitrogens is 3. The number of anilines is 3. The third-order valence-electron chi connectivity index (χ3n) is 4.43. The van der Waals surface area contributed by atoms with Crippen LogP contribution in [0.4, 0.5) is 26.1 Å². The number of halogens is 2. The van der Waals surface area contributed by atoms with Crippen LogP contribution in [0, 0.1) is 18.6 Å². The molecule has 1 amide bonds. The molecule has 0 aliphatic heterocycles. The van der Waals surface area contributed by atoms with E-state index in [4.69, 9.17) is 0 Å². The molecule has 0 unspecified atom stereocenters. The number of amides is 1. The van der Waals surface area contributed by atoms with Gasteiger partial charge in [-0.15, -0.1) is 0 Å². The normalized spacial score (nSPS) is 10.5. The number of nitrogens with zero attached hydrogens (tertiary/aromatic N) is 3. The topological polar surface area (TPSA) is 79.8 Å². The summed E-state index contributed by atoms with van der Waals surface area (Å²) in [5, 5.41) is 5.75. The minimum Gasteiger partial charge on any atom is -0.325 e. The van der Waals surface area contributed by atoms with Crippen LogP contribution in [-0.2, 0) is 0 Å². The van der Waals surface area contributed by atoms with Gasteiger partial charge >= 0.3 is 0 Å². The zero-order chi connectivity index (χ0) is 21.8. The molecule has 6 nitrogen and oxygen atoms in total. The van der Waals surface area contributed by atoms with E-state index in [0.717, 1.165) is 23.8 Å². The van der Waals surface area contributed by atoms with Crippen LogP contribution in [-0.4, -0.2) is 20.9 Å². The van der Waals surface area contributed by atoms with E-state index in [1.54, 1.807) is 18.3 Å². The van der Waals surface area contributed by atoms with Crippen molar-refractivity contribution in [2.75, 3.05) is 10.6 Å². The van der Waals surface area contributed by atoms with Crippen molar-refractivity contribution in [3.05, 3.63) is 96.1 Å². The van der Waals surface area contributed by atoms with E-state index in [-0.39, 0.29) is 5.56 Å². The largest absolute Gasteiger partial charge is 0.325 e. The highest BCUT2D eigenvalue weighted by atomic mass is 19.1. The van der Waals surface area contributed by atoms with Gasteiger partial charge < -0.3 is 10.6 Å². The van der Waals surface area contributed by atoms with Gasteiger partial charge in [0.25, 0.3) is 5.91 Å².